The number of aromatic nitrogens is 2. The summed E-state index contributed by atoms with van der Waals surface area (Å²) in [5.74, 6) is 1.76. The Morgan fingerprint density at radius 1 is 1.24 bits per heavy atom. The Morgan fingerprint density at radius 3 is 2.38 bits per heavy atom. The van der Waals surface area contributed by atoms with Gasteiger partial charge in [0, 0.05) is 25.0 Å². The third-order valence-corrected chi connectivity index (χ3v) is 2.51. The van der Waals surface area contributed by atoms with Crippen molar-refractivity contribution in [3.05, 3.63) is 6.33 Å². The van der Waals surface area contributed by atoms with E-state index in [0.29, 0.717) is 30.4 Å². The molecule has 1 amide bonds. The smallest absolute Gasteiger partial charge is 0.222 e. The normalized spacial score (nSPS) is 10.9. The van der Waals surface area contributed by atoms with Crippen molar-refractivity contribution < 1.29 is 9.53 Å². The Kier molecular flexibility index (Phi) is 6.20. The molecule has 0 aromatic carbocycles. The van der Waals surface area contributed by atoms with Crippen LogP contribution in [0.25, 0.3) is 0 Å². The van der Waals surface area contributed by atoms with E-state index in [0.717, 1.165) is 6.54 Å². The van der Waals surface area contributed by atoms with Gasteiger partial charge in [0.05, 0.1) is 7.11 Å². The first kappa shape index (κ1) is 17.0. The van der Waals surface area contributed by atoms with Crippen molar-refractivity contribution in [2.45, 2.75) is 39.7 Å². The van der Waals surface area contributed by atoms with E-state index in [1.165, 1.54) is 6.33 Å². The molecule has 7 nitrogen and oxygen atoms in total. The minimum absolute atomic E-state index is 0.00469. The van der Waals surface area contributed by atoms with Crippen molar-refractivity contribution in [1.29, 1.82) is 0 Å². The molecule has 1 rings (SSSR count). The summed E-state index contributed by atoms with van der Waals surface area (Å²) < 4.78 is 5.32. The lowest BCUT2D eigenvalue weighted by atomic mass is 10.1. The highest BCUT2D eigenvalue weighted by Gasteiger charge is 2.14. The van der Waals surface area contributed by atoms with Gasteiger partial charge >= 0.3 is 0 Å². The zero-order valence-electron chi connectivity index (χ0n) is 13.4. The van der Waals surface area contributed by atoms with Crippen LogP contribution in [0.15, 0.2) is 6.33 Å². The van der Waals surface area contributed by atoms with E-state index < -0.39 is 0 Å². The lowest BCUT2D eigenvalue weighted by Crippen LogP contribution is -2.41. The number of ether oxygens (including phenoxy) is 1. The summed E-state index contributed by atoms with van der Waals surface area (Å²) in [4.78, 5) is 20.0. The van der Waals surface area contributed by atoms with Gasteiger partial charge in [-0.25, -0.2) is 9.97 Å². The van der Waals surface area contributed by atoms with Gasteiger partial charge in [0.1, 0.15) is 6.33 Å². The van der Waals surface area contributed by atoms with Crippen molar-refractivity contribution in [3.8, 4) is 5.75 Å². The maximum Gasteiger partial charge on any atom is 0.222 e. The fourth-order valence-corrected chi connectivity index (χ4v) is 1.76. The van der Waals surface area contributed by atoms with Crippen LogP contribution in [-0.4, -0.2) is 41.6 Å². The number of methoxy groups -OCH3 is 1. The van der Waals surface area contributed by atoms with Crippen LogP contribution >= 0.6 is 0 Å². The van der Waals surface area contributed by atoms with Gasteiger partial charge in [0.25, 0.3) is 0 Å². The molecule has 118 valence electrons. The Morgan fingerprint density at radius 2 is 1.86 bits per heavy atom. The third-order valence-electron chi connectivity index (χ3n) is 2.51. The van der Waals surface area contributed by atoms with Crippen LogP contribution in [0.3, 0.4) is 0 Å². The summed E-state index contributed by atoms with van der Waals surface area (Å²) in [6, 6.07) is 0. The molecular formula is C14H25N5O2. The number of hydrogen-bond donors (Lipinski definition) is 3. The quantitative estimate of drug-likeness (QED) is 0.708. The molecule has 0 atom stereocenters. The number of nitrogens with one attached hydrogen (secondary N) is 3. The molecule has 0 aliphatic heterocycles. The van der Waals surface area contributed by atoms with Crippen molar-refractivity contribution in [3.63, 3.8) is 0 Å². The van der Waals surface area contributed by atoms with Gasteiger partial charge in [-0.2, -0.15) is 0 Å². The maximum atomic E-state index is 11.7. The van der Waals surface area contributed by atoms with Gasteiger partial charge in [0.2, 0.25) is 11.7 Å². The molecule has 21 heavy (non-hydrogen) atoms. The molecule has 0 unspecified atom stereocenters. The fourth-order valence-electron chi connectivity index (χ4n) is 1.76. The van der Waals surface area contributed by atoms with Crippen LogP contribution in [-0.2, 0) is 4.79 Å². The minimum atomic E-state index is -0.220. The first-order chi connectivity index (χ1) is 9.87. The number of amides is 1. The second-order valence-electron chi connectivity index (χ2n) is 5.61. The molecule has 0 radical (unpaired) electrons. The van der Waals surface area contributed by atoms with E-state index in [1.54, 1.807) is 7.11 Å². The molecule has 0 aliphatic carbocycles. The molecule has 1 aromatic rings. The van der Waals surface area contributed by atoms with Crippen molar-refractivity contribution in [2.75, 3.05) is 30.8 Å². The molecule has 0 aliphatic rings. The van der Waals surface area contributed by atoms with Crippen molar-refractivity contribution in [1.82, 2.24) is 15.3 Å². The first-order valence-electron chi connectivity index (χ1n) is 7.05. The summed E-state index contributed by atoms with van der Waals surface area (Å²) in [7, 11) is 1.57. The predicted octanol–water partition coefficient (Wildman–Crippen LogP) is 1.63. The topological polar surface area (TPSA) is 88.2 Å². The average molecular weight is 295 g/mol. The zero-order valence-corrected chi connectivity index (χ0v) is 13.4. The van der Waals surface area contributed by atoms with Gasteiger partial charge < -0.3 is 20.7 Å². The van der Waals surface area contributed by atoms with E-state index in [-0.39, 0.29) is 11.4 Å². The van der Waals surface area contributed by atoms with E-state index in [1.807, 2.05) is 27.7 Å². The van der Waals surface area contributed by atoms with Crippen LogP contribution in [0.1, 0.15) is 34.1 Å². The highest BCUT2D eigenvalue weighted by Crippen LogP contribution is 2.28. The SMILES string of the molecule is CCNc1ncnc(NCCC(=O)NC(C)(C)C)c1OC. The number of carbonyl (C=O) groups excluding carboxylic acids is 1. The van der Waals surface area contributed by atoms with E-state index in [2.05, 4.69) is 25.9 Å². The molecule has 0 fully saturated rings. The number of carbonyl (C=O) groups is 1. The van der Waals surface area contributed by atoms with E-state index in [9.17, 15) is 4.79 Å². The Labute approximate surface area is 125 Å². The molecule has 0 saturated carbocycles. The van der Waals surface area contributed by atoms with Gasteiger partial charge in [0.15, 0.2) is 11.6 Å². The third kappa shape index (κ3) is 5.85. The Hall–Kier alpha value is -2.05. The summed E-state index contributed by atoms with van der Waals surface area (Å²) in [5.41, 5.74) is -0.220. The second-order valence-corrected chi connectivity index (χ2v) is 5.61. The van der Waals surface area contributed by atoms with Crippen LogP contribution < -0.4 is 20.7 Å². The van der Waals surface area contributed by atoms with E-state index >= 15 is 0 Å². The van der Waals surface area contributed by atoms with Crippen LogP contribution in [0, 0.1) is 0 Å². The largest absolute Gasteiger partial charge is 0.490 e. The molecule has 0 saturated heterocycles. The molecular weight excluding hydrogens is 270 g/mol. The Bertz CT molecular complexity index is 471. The van der Waals surface area contributed by atoms with Gasteiger partial charge in [-0.15, -0.1) is 0 Å². The molecule has 1 aromatic heterocycles. The number of rotatable bonds is 7. The van der Waals surface area contributed by atoms with Crippen LogP contribution in [0.5, 0.6) is 5.75 Å². The van der Waals surface area contributed by atoms with Gasteiger partial charge in [-0.1, -0.05) is 0 Å². The highest BCUT2D eigenvalue weighted by molar-refractivity contribution is 5.77. The van der Waals surface area contributed by atoms with Gasteiger partial charge in [-0.05, 0) is 27.7 Å². The molecule has 7 heteroatoms. The number of nitrogens with zero attached hydrogens (tertiary/aromatic N) is 2. The van der Waals surface area contributed by atoms with Crippen LogP contribution in [0.4, 0.5) is 11.6 Å². The van der Waals surface area contributed by atoms with Gasteiger partial charge in [-0.3, -0.25) is 4.79 Å². The zero-order chi connectivity index (χ0) is 15.9. The number of hydrogen-bond acceptors (Lipinski definition) is 6. The second kappa shape index (κ2) is 7.66. The lowest BCUT2D eigenvalue weighted by molar-refractivity contribution is -0.122. The van der Waals surface area contributed by atoms with Crippen LogP contribution in [0.2, 0.25) is 0 Å². The summed E-state index contributed by atoms with van der Waals surface area (Å²) in [6.07, 6.45) is 1.82. The van der Waals surface area contributed by atoms with Crippen molar-refractivity contribution >= 4 is 17.5 Å². The monoisotopic (exact) mass is 295 g/mol. The minimum Gasteiger partial charge on any atom is -0.490 e. The standard InChI is InChI=1S/C14H25N5O2/c1-6-15-12-11(21-5)13(18-9-17-12)16-8-7-10(20)19-14(2,3)4/h9H,6-8H2,1-5H3,(H,19,20)(H2,15,16,17,18). The molecule has 0 bridgehead atoms. The lowest BCUT2D eigenvalue weighted by Gasteiger charge is -2.20. The predicted molar refractivity (Wildman–Crippen MR) is 83.8 cm³/mol. The molecule has 1 heterocycles. The summed E-state index contributed by atoms with van der Waals surface area (Å²) >= 11 is 0. The summed E-state index contributed by atoms with van der Waals surface area (Å²) in [6.45, 7) is 9.05. The highest BCUT2D eigenvalue weighted by atomic mass is 16.5. The maximum absolute atomic E-state index is 11.7. The van der Waals surface area contributed by atoms with Crippen molar-refractivity contribution in [2.24, 2.45) is 0 Å². The average Bonchev–Trinajstić information content (AvgIpc) is 2.37. The molecule has 3 N–H and O–H groups in total. The fraction of sp³-hybridized carbons (Fsp3) is 0.643. The first-order valence-corrected chi connectivity index (χ1v) is 7.05. The summed E-state index contributed by atoms with van der Waals surface area (Å²) in [5, 5.41) is 9.12. The Balaban J connectivity index is 2.59. The number of anilines is 2. The molecule has 0 spiro atoms. The van der Waals surface area contributed by atoms with E-state index in [4.69, 9.17) is 4.74 Å².